The second-order valence-corrected chi connectivity index (χ2v) is 9.59. The Morgan fingerprint density at radius 2 is 1.43 bits per heavy atom. The Labute approximate surface area is 143 Å². The highest BCUT2D eigenvalue weighted by Gasteiger charge is 2.50. The average Bonchev–Trinajstić information content (AvgIpc) is 2.45. The Morgan fingerprint density at radius 1 is 0.826 bits per heavy atom. The first-order valence-corrected chi connectivity index (χ1v) is 10.2. The van der Waals surface area contributed by atoms with Crippen LogP contribution in [0.15, 0.2) is 0 Å². The third-order valence-corrected chi connectivity index (χ3v) is 7.80. The second kappa shape index (κ2) is 6.31. The molecule has 0 aromatic heterocycles. The largest absolute Gasteiger partial charge is 0.306 e. The van der Waals surface area contributed by atoms with E-state index in [0.717, 1.165) is 29.3 Å². The summed E-state index contributed by atoms with van der Waals surface area (Å²) in [5.41, 5.74) is 0.746. The lowest BCUT2D eigenvalue weighted by Crippen LogP contribution is -2.62. The van der Waals surface area contributed by atoms with Gasteiger partial charge in [-0.05, 0) is 89.0 Å². The third kappa shape index (κ3) is 3.21. The van der Waals surface area contributed by atoms with Gasteiger partial charge in [0, 0.05) is 25.2 Å². The zero-order chi connectivity index (χ0) is 16.0. The summed E-state index contributed by atoms with van der Waals surface area (Å²) in [7, 11) is 2.27. The summed E-state index contributed by atoms with van der Waals surface area (Å²) in [5, 5.41) is 0. The van der Waals surface area contributed by atoms with Gasteiger partial charge >= 0.3 is 0 Å². The van der Waals surface area contributed by atoms with E-state index in [1.165, 1.54) is 77.8 Å². The predicted octanol–water partition coefficient (Wildman–Crippen LogP) is 2.91. The lowest BCUT2D eigenvalue weighted by atomic mass is 9.59. The van der Waals surface area contributed by atoms with Crippen molar-refractivity contribution in [1.82, 2.24) is 14.7 Å². The molecule has 1 spiro atoms. The molecular weight excluding hydrogens is 282 g/mol. The molecule has 3 aliphatic heterocycles. The molecule has 0 unspecified atom stereocenters. The average molecular weight is 320 g/mol. The molecule has 1 saturated carbocycles. The molecule has 3 heterocycles. The molecule has 0 atom stereocenters. The minimum absolute atomic E-state index is 0.746. The van der Waals surface area contributed by atoms with Crippen molar-refractivity contribution >= 4 is 0 Å². The predicted molar refractivity (Wildman–Crippen MR) is 96.7 cm³/mol. The number of hydrogen-bond donors (Lipinski definition) is 0. The van der Waals surface area contributed by atoms with E-state index < -0.39 is 0 Å². The fourth-order valence-corrected chi connectivity index (χ4v) is 5.60. The Hall–Kier alpha value is -0.120. The Balaban J connectivity index is 1.19. The molecule has 0 N–H and O–H groups in total. The van der Waals surface area contributed by atoms with Gasteiger partial charge in [-0.15, -0.1) is 0 Å². The molecule has 3 saturated heterocycles. The first-order valence-electron chi connectivity index (χ1n) is 10.2. The van der Waals surface area contributed by atoms with Crippen molar-refractivity contribution in [3.63, 3.8) is 0 Å². The van der Waals surface area contributed by atoms with Crippen molar-refractivity contribution in [2.24, 2.45) is 17.3 Å². The van der Waals surface area contributed by atoms with Crippen molar-refractivity contribution in [2.45, 2.75) is 64.5 Å². The van der Waals surface area contributed by atoms with E-state index in [1.54, 1.807) is 0 Å². The van der Waals surface area contributed by atoms with Gasteiger partial charge in [0.05, 0.1) is 0 Å². The molecule has 4 rings (SSSR count). The van der Waals surface area contributed by atoms with Crippen molar-refractivity contribution < 1.29 is 0 Å². The summed E-state index contributed by atoms with van der Waals surface area (Å²) in [6, 6.07) is 1.83. The van der Waals surface area contributed by atoms with Crippen LogP contribution in [0.4, 0.5) is 0 Å². The fourth-order valence-electron chi connectivity index (χ4n) is 5.60. The fraction of sp³-hybridized carbons (Fsp3) is 1.00. The molecular formula is C20H37N3. The normalized spacial score (nSPS) is 32.3. The van der Waals surface area contributed by atoms with Gasteiger partial charge in [-0.1, -0.05) is 13.8 Å². The van der Waals surface area contributed by atoms with Crippen molar-refractivity contribution in [1.29, 1.82) is 0 Å². The maximum Gasteiger partial charge on any atom is 0.0120 e. The van der Waals surface area contributed by atoms with Crippen LogP contribution >= 0.6 is 0 Å². The quantitative estimate of drug-likeness (QED) is 0.792. The van der Waals surface area contributed by atoms with E-state index in [9.17, 15) is 0 Å². The molecule has 4 fully saturated rings. The second-order valence-electron chi connectivity index (χ2n) is 9.59. The number of nitrogens with zero attached hydrogens (tertiary/aromatic N) is 3. The molecule has 0 bridgehead atoms. The number of likely N-dealkylation sites (tertiary alicyclic amines) is 3. The van der Waals surface area contributed by atoms with E-state index in [-0.39, 0.29) is 0 Å². The molecule has 3 nitrogen and oxygen atoms in total. The third-order valence-electron chi connectivity index (χ3n) is 7.80. The van der Waals surface area contributed by atoms with E-state index >= 15 is 0 Å². The van der Waals surface area contributed by atoms with Gasteiger partial charge in [0.15, 0.2) is 0 Å². The molecule has 23 heavy (non-hydrogen) atoms. The van der Waals surface area contributed by atoms with Crippen LogP contribution in [0, 0.1) is 17.3 Å². The summed E-state index contributed by atoms with van der Waals surface area (Å²) in [4.78, 5) is 8.12. The molecule has 1 aliphatic carbocycles. The number of piperidine rings is 2. The van der Waals surface area contributed by atoms with E-state index in [4.69, 9.17) is 0 Å². The van der Waals surface area contributed by atoms with Crippen LogP contribution in [0.5, 0.6) is 0 Å². The lowest BCUT2D eigenvalue weighted by molar-refractivity contribution is -0.0917. The van der Waals surface area contributed by atoms with Gasteiger partial charge in [-0.25, -0.2) is 0 Å². The van der Waals surface area contributed by atoms with E-state index in [0.29, 0.717) is 0 Å². The minimum Gasteiger partial charge on any atom is -0.306 e. The summed E-state index contributed by atoms with van der Waals surface area (Å²) < 4.78 is 0. The van der Waals surface area contributed by atoms with Crippen LogP contribution < -0.4 is 0 Å². The molecule has 0 aromatic carbocycles. The molecule has 0 amide bonds. The summed E-state index contributed by atoms with van der Waals surface area (Å²) in [6.07, 6.45) is 8.79. The van der Waals surface area contributed by atoms with Crippen molar-refractivity contribution in [2.75, 3.05) is 46.3 Å². The maximum absolute atomic E-state index is 2.84. The maximum atomic E-state index is 2.84. The van der Waals surface area contributed by atoms with Gasteiger partial charge in [0.2, 0.25) is 0 Å². The SMILES string of the molecule is CC(C)C1CN(C2CC3(CCN(C4CCN(C)CC4)CC3)C2)C1. The highest BCUT2D eigenvalue weighted by molar-refractivity contribution is 5.04. The lowest BCUT2D eigenvalue weighted by Gasteiger charge is -2.59. The zero-order valence-electron chi connectivity index (χ0n) is 15.6. The van der Waals surface area contributed by atoms with Crippen molar-refractivity contribution in [3.8, 4) is 0 Å². The van der Waals surface area contributed by atoms with Crippen LogP contribution in [-0.4, -0.2) is 73.1 Å². The number of rotatable bonds is 3. The van der Waals surface area contributed by atoms with Gasteiger partial charge in [0.1, 0.15) is 0 Å². The zero-order valence-corrected chi connectivity index (χ0v) is 15.6. The van der Waals surface area contributed by atoms with E-state index in [1.807, 2.05) is 0 Å². The molecule has 4 aliphatic rings. The highest BCUT2D eigenvalue weighted by Crippen LogP contribution is 2.52. The Kier molecular flexibility index (Phi) is 4.49. The number of hydrogen-bond acceptors (Lipinski definition) is 3. The molecule has 0 aromatic rings. The van der Waals surface area contributed by atoms with Crippen LogP contribution in [0.1, 0.15) is 52.4 Å². The van der Waals surface area contributed by atoms with Gasteiger partial charge in [0.25, 0.3) is 0 Å². The van der Waals surface area contributed by atoms with Crippen LogP contribution in [-0.2, 0) is 0 Å². The first kappa shape index (κ1) is 16.4. The van der Waals surface area contributed by atoms with Gasteiger partial charge in [-0.3, -0.25) is 4.90 Å². The summed E-state index contributed by atoms with van der Waals surface area (Å²) >= 11 is 0. The minimum atomic E-state index is 0.746. The Morgan fingerprint density at radius 3 is 2.00 bits per heavy atom. The standard InChI is InChI=1S/C20H37N3/c1-16(2)17-14-23(15-17)19-12-20(13-19)6-10-22(11-7-20)18-4-8-21(3)9-5-18/h16-19H,4-15H2,1-3H3. The molecule has 0 radical (unpaired) electrons. The van der Waals surface area contributed by atoms with Gasteiger partial charge in [-0.2, -0.15) is 0 Å². The van der Waals surface area contributed by atoms with Crippen LogP contribution in [0.25, 0.3) is 0 Å². The van der Waals surface area contributed by atoms with E-state index in [2.05, 4.69) is 35.6 Å². The first-order chi connectivity index (χ1) is 11.0. The van der Waals surface area contributed by atoms with Crippen LogP contribution in [0.2, 0.25) is 0 Å². The Bertz CT molecular complexity index is 391. The summed E-state index contributed by atoms with van der Waals surface area (Å²) in [5.74, 6) is 1.87. The molecule has 132 valence electrons. The van der Waals surface area contributed by atoms with Crippen LogP contribution in [0.3, 0.4) is 0 Å². The molecule has 3 heteroatoms. The smallest absolute Gasteiger partial charge is 0.0120 e. The van der Waals surface area contributed by atoms with Gasteiger partial charge < -0.3 is 9.80 Å². The topological polar surface area (TPSA) is 9.72 Å². The summed E-state index contributed by atoms with van der Waals surface area (Å²) in [6.45, 7) is 12.9. The monoisotopic (exact) mass is 319 g/mol. The highest BCUT2D eigenvalue weighted by atomic mass is 15.2. The van der Waals surface area contributed by atoms with Crippen molar-refractivity contribution in [3.05, 3.63) is 0 Å².